The van der Waals surface area contributed by atoms with Crippen LogP contribution in [-0.4, -0.2) is 25.3 Å². The van der Waals surface area contributed by atoms with Crippen molar-refractivity contribution < 1.29 is 4.74 Å². The average molecular weight is 237 g/mol. The van der Waals surface area contributed by atoms with Crippen molar-refractivity contribution >= 4 is 0 Å². The third kappa shape index (κ3) is 3.82. The molecule has 2 heteroatoms. The molecule has 3 atom stereocenters. The summed E-state index contributed by atoms with van der Waals surface area (Å²) in [5.74, 6) is 1.58. The molecular weight excluding hydrogens is 210 g/mol. The summed E-state index contributed by atoms with van der Waals surface area (Å²) >= 11 is 0. The van der Waals surface area contributed by atoms with E-state index in [1.807, 2.05) is 0 Å². The van der Waals surface area contributed by atoms with Gasteiger partial charge in [0.2, 0.25) is 0 Å². The highest BCUT2D eigenvalue weighted by Crippen LogP contribution is 2.28. The van der Waals surface area contributed by atoms with Gasteiger partial charge in [0.05, 0.1) is 5.60 Å². The van der Waals surface area contributed by atoms with E-state index in [2.05, 4.69) is 32.2 Å². The second-order valence-electron chi connectivity index (χ2n) is 6.33. The molecule has 0 aromatic heterocycles. The Hall–Kier alpha value is -0.340. The Morgan fingerprint density at radius 1 is 1.53 bits per heavy atom. The van der Waals surface area contributed by atoms with E-state index in [4.69, 9.17) is 4.74 Å². The van der Waals surface area contributed by atoms with E-state index in [0.29, 0.717) is 0 Å². The van der Waals surface area contributed by atoms with Crippen molar-refractivity contribution in [3.63, 3.8) is 0 Å². The van der Waals surface area contributed by atoms with Crippen LogP contribution in [0.5, 0.6) is 0 Å². The van der Waals surface area contributed by atoms with E-state index in [1.165, 1.54) is 25.7 Å². The summed E-state index contributed by atoms with van der Waals surface area (Å²) in [6, 6.07) is 0. The highest BCUT2D eigenvalue weighted by Gasteiger charge is 2.29. The first kappa shape index (κ1) is 13.1. The van der Waals surface area contributed by atoms with E-state index in [-0.39, 0.29) is 5.60 Å². The predicted octanol–water partition coefficient (Wildman–Crippen LogP) is 3.14. The van der Waals surface area contributed by atoms with Crippen LogP contribution in [0.4, 0.5) is 0 Å². The Morgan fingerprint density at radius 3 is 3.00 bits per heavy atom. The third-order valence-electron chi connectivity index (χ3n) is 4.12. The summed E-state index contributed by atoms with van der Waals surface area (Å²) in [6.07, 6.45) is 7.47. The first-order valence-electron chi connectivity index (χ1n) is 7.09. The van der Waals surface area contributed by atoms with Gasteiger partial charge in [-0.1, -0.05) is 18.6 Å². The smallest absolute Gasteiger partial charge is 0.0779 e. The summed E-state index contributed by atoms with van der Waals surface area (Å²) in [5.41, 5.74) is 1.67. The summed E-state index contributed by atoms with van der Waals surface area (Å²) in [6.45, 7) is 9.94. The molecule has 0 amide bonds. The van der Waals surface area contributed by atoms with Crippen LogP contribution in [0.2, 0.25) is 0 Å². The number of hydrogen-bond donors (Lipinski definition) is 1. The van der Waals surface area contributed by atoms with Gasteiger partial charge >= 0.3 is 0 Å². The lowest BCUT2D eigenvalue weighted by Gasteiger charge is -2.28. The maximum Gasteiger partial charge on any atom is 0.0779 e. The highest BCUT2D eigenvalue weighted by molar-refractivity contribution is 5.06. The molecule has 17 heavy (non-hydrogen) atoms. The van der Waals surface area contributed by atoms with Crippen molar-refractivity contribution in [3.8, 4) is 0 Å². The van der Waals surface area contributed by atoms with Crippen LogP contribution < -0.4 is 5.32 Å². The number of nitrogens with one attached hydrogen (secondary N) is 1. The molecule has 98 valence electrons. The minimum atomic E-state index is 0.102. The predicted molar refractivity (Wildman–Crippen MR) is 72.1 cm³/mol. The Labute approximate surface area is 106 Å². The van der Waals surface area contributed by atoms with E-state index < -0.39 is 0 Å². The van der Waals surface area contributed by atoms with Crippen LogP contribution >= 0.6 is 0 Å². The zero-order chi connectivity index (χ0) is 12.3. The minimum absolute atomic E-state index is 0.102. The fourth-order valence-electron chi connectivity index (χ4n) is 3.36. The van der Waals surface area contributed by atoms with Crippen LogP contribution in [0.3, 0.4) is 0 Å². The molecule has 0 aromatic carbocycles. The molecule has 1 N–H and O–H groups in total. The fraction of sp³-hybridized carbons (Fsp3) is 0.867. The van der Waals surface area contributed by atoms with Gasteiger partial charge in [0.15, 0.2) is 0 Å². The summed E-state index contributed by atoms with van der Waals surface area (Å²) < 4.78 is 5.80. The van der Waals surface area contributed by atoms with Crippen LogP contribution in [-0.2, 0) is 4.74 Å². The van der Waals surface area contributed by atoms with Gasteiger partial charge in [-0.3, -0.25) is 0 Å². The molecule has 2 nitrogen and oxygen atoms in total. The maximum atomic E-state index is 5.80. The lowest BCUT2D eigenvalue weighted by atomic mass is 9.83. The second-order valence-corrected chi connectivity index (χ2v) is 6.33. The summed E-state index contributed by atoms with van der Waals surface area (Å²) in [4.78, 5) is 0. The second kappa shape index (κ2) is 5.53. The minimum Gasteiger partial charge on any atom is -0.374 e. The first-order chi connectivity index (χ1) is 8.07. The molecule has 1 aliphatic carbocycles. The van der Waals surface area contributed by atoms with Gasteiger partial charge in [0.1, 0.15) is 0 Å². The molecule has 0 bridgehead atoms. The van der Waals surface area contributed by atoms with Gasteiger partial charge in [-0.15, -0.1) is 0 Å². The average Bonchev–Trinajstić information content (AvgIpc) is 2.64. The Morgan fingerprint density at radius 2 is 2.35 bits per heavy atom. The highest BCUT2D eigenvalue weighted by atomic mass is 16.5. The maximum absolute atomic E-state index is 5.80. The molecule has 2 aliphatic rings. The van der Waals surface area contributed by atoms with E-state index in [0.717, 1.165) is 31.5 Å². The van der Waals surface area contributed by atoms with Crippen molar-refractivity contribution in [2.45, 2.75) is 52.1 Å². The third-order valence-corrected chi connectivity index (χ3v) is 4.12. The van der Waals surface area contributed by atoms with Crippen molar-refractivity contribution in [2.75, 3.05) is 19.7 Å². The van der Waals surface area contributed by atoms with Gasteiger partial charge in [0.25, 0.3) is 0 Å². The standard InChI is InChI=1S/C15H27NO/c1-12-7-13(2)9-14(8-12)10-16-11-15(3)5-4-6-17-15/h7,12,14,16H,4-6,8-11H2,1-3H3. The molecule has 1 aliphatic heterocycles. The first-order valence-corrected chi connectivity index (χ1v) is 7.09. The lowest BCUT2D eigenvalue weighted by molar-refractivity contribution is 0.0201. The van der Waals surface area contributed by atoms with Crippen molar-refractivity contribution in [3.05, 3.63) is 11.6 Å². The zero-order valence-corrected chi connectivity index (χ0v) is 11.6. The van der Waals surface area contributed by atoms with Gasteiger partial charge in [0, 0.05) is 13.2 Å². The van der Waals surface area contributed by atoms with E-state index in [1.54, 1.807) is 5.57 Å². The molecule has 3 unspecified atom stereocenters. The van der Waals surface area contributed by atoms with Crippen LogP contribution in [0, 0.1) is 11.8 Å². The topological polar surface area (TPSA) is 21.3 Å². The van der Waals surface area contributed by atoms with E-state index >= 15 is 0 Å². The Balaban J connectivity index is 1.70. The summed E-state index contributed by atoms with van der Waals surface area (Å²) in [7, 11) is 0. The largest absolute Gasteiger partial charge is 0.374 e. The number of rotatable bonds is 4. The molecule has 0 saturated carbocycles. The normalized spacial score (nSPS) is 38.2. The van der Waals surface area contributed by atoms with Crippen LogP contribution in [0.15, 0.2) is 11.6 Å². The van der Waals surface area contributed by atoms with Crippen molar-refractivity contribution in [1.29, 1.82) is 0 Å². The molecule has 1 heterocycles. The van der Waals surface area contributed by atoms with E-state index in [9.17, 15) is 0 Å². The molecule has 0 spiro atoms. The van der Waals surface area contributed by atoms with Crippen molar-refractivity contribution in [1.82, 2.24) is 5.32 Å². The fourth-order valence-corrected chi connectivity index (χ4v) is 3.36. The Kier molecular flexibility index (Phi) is 4.26. The number of allylic oxidation sites excluding steroid dienone is 2. The monoisotopic (exact) mass is 237 g/mol. The molecule has 2 rings (SSSR count). The molecule has 0 aromatic rings. The zero-order valence-electron chi connectivity index (χ0n) is 11.6. The Bertz CT molecular complexity index is 279. The van der Waals surface area contributed by atoms with Crippen LogP contribution in [0.25, 0.3) is 0 Å². The van der Waals surface area contributed by atoms with Gasteiger partial charge in [-0.2, -0.15) is 0 Å². The number of hydrogen-bond acceptors (Lipinski definition) is 2. The lowest BCUT2D eigenvalue weighted by Crippen LogP contribution is -2.39. The number of ether oxygens (including phenoxy) is 1. The molecule has 1 fully saturated rings. The van der Waals surface area contributed by atoms with Gasteiger partial charge in [-0.05, 0) is 57.9 Å². The quantitative estimate of drug-likeness (QED) is 0.758. The molecular formula is C15H27NO. The SMILES string of the molecule is CC1=CC(C)CC(CNCC2(C)CCCO2)C1. The van der Waals surface area contributed by atoms with Crippen LogP contribution in [0.1, 0.15) is 46.5 Å². The van der Waals surface area contributed by atoms with Crippen molar-refractivity contribution in [2.24, 2.45) is 11.8 Å². The van der Waals surface area contributed by atoms with Gasteiger partial charge < -0.3 is 10.1 Å². The summed E-state index contributed by atoms with van der Waals surface area (Å²) in [5, 5.41) is 3.63. The molecule has 1 saturated heterocycles. The van der Waals surface area contributed by atoms with Gasteiger partial charge in [-0.25, -0.2) is 0 Å². The molecule has 0 radical (unpaired) electrons.